The van der Waals surface area contributed by atoms with E-state index >= 15 is 0 Å². The monoisotopic (exact) mass is 314 g/mol. The fraction of sp³-hybridized carbons (Fsp3) is 0.471. The molecule has 2 amide bonds. The Kier molecular flexibility index (Phi) is 5.72. The van der Waals surface area contributed by atoms with Crippen molar-refractivity contribution in [1.82, 2.24) is 10.2 Å². The maximum absolute atomic E-state index is 12.1. The van der Waals surface area contributed by atoms with Gasteiger partial charge >= 0.3 is 0 Å². The first-order valence-corrected chi connectivity index (χ1v) is 7.74. The number of carbonyl (C=O) groups excluding carboxylic acids is 2. The molecule has 1 fully saturated rings. The molecule has 6 heteroatoms. The van der Waals surface area contributed by atoms with Gasteiger partial charge in [-0.25, -0.2) is 0 Å². The van der Waals surface area contributed by atoms with Crippen molar-refractivity contribution in [1.29, 1.82) is 5.26 Å². The molecule has 0 radical (unpaired) electrons. The number of hydrogen-bond acceptors (Lipinski definition) is 4. The Hall–Kier alpha value is -2.39. The van der Waals surface area contributed by atoms with Crippen LogP contribution in [0.15, 0.2) is 24.3 Å². The summed E-state index contributed by atoms with van der Waals surface area (Å²) in [4.78, 5) is 26.1. The number of nitrogens with one attached hydrogen (secondary N) is 2. The highest BCUT2D eigenvalue weighted by molar-refractivity contribution is 5.99. The molecule has 1 aliphatic rings. The summed E-state index contributed by atoms with van der Waals surface area (Å²) in [5.41, 5.74) is 1.19. The van der Waals surface area contributed by atoms with Gasteiger partial charge in [-0.2, -0.15) is 5.26 Å². The molecule has 0 aliphatic heterocycles. The third kappa shape index (κ3) is 5.08. The minimum absolute atomic E-state index is 0.0382. The van der Waals surface area contributed by atoms with Gasteiger partial charge in [0.05, 0.1) is 23.5 Å². The van der Waals surface area contributed by atoms with Gasteiger partial charge in [-0.3, -0.25) is 9.59 Å². The van der Waals surface area contributed by atoms with Crippen LogP contribution in [0, 0.1) is 23.2 Å². The molecule has 0 aromatic heterocycles. The highest BCUT2D eigenvalue weighted by Gasteiger charge is 2.47. The zero-order chi connectivity index (χ0) is 16.8. The van der Waals surface area contributed by atoms with Crippen molar-refractivity contribution in [2.75, 3.05) is 32.5 Å². The predicted octanol–water partition coefficient (Wildman–Crippen LogP) is 1.20. The van der Waals surface area contributed by atoms with Crippen LogP contribution in [0.25, 0.3) is 0 Å². The largest absolute Gasteiger partial charge is 0.356 e. The quantitative estimate of drug-likeness (QED) is 0.741. The minimum Gasteiger partial charge on any atom is -0.356 e. The smallest absolute Gasteiger partial charge is 0.228 e. The summed E-state index contributed by atoms with van der Waals surface area (Å²) in [5, 5.41) is 14.4. The van der Waals surface area contributed by atoms with Crippen LogP contribution in [0.2, 0.25) is 0 Å². The fourth-order valence-corrected chi connectivity index (χ4v) is 2.38. The lowest BCUT2D eigenvalue weighted by Crippen LogP contribution is -2.30. The Morgan fingerprint density at radius 1 is 1.22 bits per heavy atom. The van der Waals surface area contributed by atoms with Gasteiger partial charge in [-0.1, -0.05) is 0 Å². The average molecular weight is 314 g/mol. The summed E-state index contributed by atoms with van der Waals surface area (Å²) in [5.74, 6) is -0.640. The van der Waals surface area contributed by atoms with Gasteiger partial charge in [0.25, 0.3) is 0 Å². The lowest BCUT2D eigenvalue weighted by atomic mass is 10.2. The van der Waals surface area contributed by atoms with Gasteiger partial charge in [0.1, 0.15) is 0 Å². The third-order valence-corrected chi connectivity index (χ3v) is 3.83. The Morgan fingerprint density at radius 2 is 1.87 bits per heavy atom. The second kappa shape index (κ2) is 7.75. The molecule has 2 rings (SSSR count). The van der Waals surface area contributed by atoms with Gasteiger partial charge in [0.2, 0.25) is 11.8 Å². The first kappa shape index (κ1) is 17.0. The Morgan fingerprint density at radius 3 is 2.48 bits per heavy atom. The van der Waals surface area contributed by atoms with Crippen LogP contribution in [-0.4, -0.2) is 43.9 Å². The van der Waals surface area contributed by atoms with E-state index in [2.05, 4.69) is 15.5 Å². The van der Waals surface area contributed by atoms with Gasteiger partial charge < -0.3 is 15.5 Å². The molecule has 2 N–H and O–H groups in total. The van der Waals surface area contributed by atoms with Crippen molar-refractivity contribution < 1.29 is 9.59 Å². The third-order valence-electron chi connectivity index (χ3n) is 3.83. The zero-order valence-electron chi connectivity index (χ0n) is 13.5. The van der Waals surface area contributed by atoms with Crippen LogP contribution in [0.3, 0.4) is 0 Å². The van der Waals surface area contributed by atoms with Gasteiger partial charge in [-0.05, 0) is 57.7 Å². The van der Waals surface area contributed by atoms with Crippen molar-refractivity contribution in [3.8, 4) is 6.07 Å². The molecule has 0 heterocycles. The van der Waals surface area contributed by atoms with Crippen LogP contribution >= 0.6 is 0 Å². The number of anilines is 1. The molecule has 2 unspecified atom stereocenters. The van der Waals surface area contributed by atoms with Crippen LogP contribution in [-0.2, 0) is 9.59 Å². The Bertz CT molecular complexity index is 604. The number of carbonyl (C=O) groups is 2. The van der Waals surface area contributed by atoms with Crippen molar-refractivity contribution in [2.24, 2.45) is 11.8 Å². The molecule has 1 aromatic rings. The van der Waals surface area contributed by atoms with E-state index in [-0.39, 0.29) is 23.7 Å². The van der Waals surface area contributed by atoms with Gasteiger partial charge in [0, 0.05) is 12.2 Å². The molecule has 23 heavy (non-hydrogen) atoms. The van der Waals surface area contributed by atoms with E-state index < -0.39 is 0 Å². The van der Waals surface area contributed by atoms with Crippen molar-refractivity contribution in [3.05, 3.63) is 29.8 Å². The summed E-state index contributed by atoms with van der Waals surface area (Å²) in [6, 6.07) is 8.71. The molecule has 122 valence electrons. The summed E-state index contributed by atoms with van der Waals surface area (Å²) < 4.78 is 0. The van der Waals surface area contributed by atoms with E-state index in [4.69, 9.17) is 5.26 Å². The maximum atomic E-state index is 12.1. The Balaban J connectivity index is 1.73. The van der Waals surface area contributed by atoms with E-state index in [1.165, 1.54) is 0 Å². The van der Waals surface area contributed by atoms with E-state index in [0.29, 0.717) is 24.2 Å². The minimum atomic E-state index is -0.250. The summed E-state index contributed by atoms with van der Waals surface area (Å²) in [6.45, 7) is 1.56. The number of nitrogens with zero attached hydrogens (tertiary/aromatic N) is 2. The number of hydrogen-bond donors (Lipinski definition) is 2. The van der Waals surface area contributed by atoms with Crippen molar-refractivity contribution >= 4 is 17.5 Å². The molecule has 2 atom stereocenters. The normalized spacial score (nSPS) is 19.0. The van der Waals surface area contributed by atoms with E-state index in [0.717, 1.165) is 13.0 Å². The number of nitriles is 1. The van der Waals surface area contributed by atoms with Crippen LogP contribution in [0.1, 0.15) is 18.4 Å². The molecular weight excluding hydrogens is 292 g/mol. The number of rotatable bonds is 7. The topological polar surface area (TPSA) is 85.2 Å². The molecule has 0 spiro atoms. The van der Waals surface area contributed by atoms with Crippen LogP contribution in [0.4, 0.5) is 5.69 Å². The second-order valence-electron chi connectivity index (χ2n) is 6.07. The first-order valence-electron chi connectivity index (χ1n) is 7.74. The van der Waals surface area contributed by atoms with E-state index in [1.807, 2.05) is 20.2 Å². The summed E-state index contributed by atoms with van der Waals surface area (Å²) in [6.07, 6.45) is 1.50. The summed E-state index contributed by atoms with van der Waals surface area (Å²) >= 11 is 0. The van der Waals surface area contributed by atoms with Crippen LogP contribution < -0.4 is 10.6 Å². The lowest BCUT2D eigenvalue weighted by molar-refractivity contribution is -0.125. The van der Waals surface area contributed by atoms with Crippen LogP contribution in [0.5, 0.6) is 0 Å². The Labute approximate surface area is 136 Å². The van der Waals surface area contributed by atoms with Crippen molar-refractivity contribution in [3.63, 3.8) is 0 Å². The highest BCUT2D eigenvalue weighted by atomic mass is 16.2. The standard InChI is InChI=1S/C17H22N4O2/c1-21(2)9-3-8-19-16(22)14-10-15(14)17(23)20-13-6-4-12(11-18)5-7-13/h4-7,14-15H,3,8-10H2,1-2H3,(H,19,22)(H,20,23). The number of benzene rings is 1. The molecule has 1 aromatic carbocycles. The molecule has 1 saturated carbocycles. The highest BCUT2D eigenvalue weighted by Crippen LogP contribution is 2.39. The first-order chi connectivity index (χ1) is 11.0. The predicted molar refractivity (Wildman–Crippen MR) is 87.6 cm³/mol. The SMILES string of the molecule is CN(C)CCCNC(=O)C1CC1C(=O)Nc1ccc(C#N)cc1. The molecular formula is C17H22N4O2. The molecule has 6 nitrogen and oxygen atoms in total. The van der Waals surface area contributed by atoms with Gasteiger partial charge in [0.15, 0.2) is 0 Å². The summed E-state index contributed by atoms with van der Waals surface area (Å²) in [7, 11) is 3.98. The van der Waals surface area contributed by atoms with Crippen molar-refractivity contribution in [2.45, 2.75) is 12.8 Å². The fourth-order valence-electron chi connectivity index (χ4n) is 2.38. The molecule has 0 bridgehead atoms. The zero-order valence-corrected chi connectivity index (χ0v) is 13.5. The molecule has 1 aliphatic carbocycles. The molecule has 0 saturated heterocycles. The lowest BCUT2D eigenvalue weighted by Gasteiger charge is -2.10. The second-order valence-corrected chi connectivity index (χ2v) is 6.07. The van der Waals surface area contributed by atoms with E-state index in [9.17, 15) is 9.59 Å². The van der Waals surface area contributed by atoms with E-state index in [1.54, 1.807) is 24.3 Å². The maximum Gasteiger partial charge on any atom is 0.228 e. The van der Waals surface area contributed by atoms with Gasteiger partial charge in [-0.15, -0.1) is 0 Å². The number of amides is 2. The average Bonchev–Trinajstić information content (AvgIpc) is 3.32.